The Kier molecular flexibility index (Phi) is 5.65. The van der Waals surface area contributed by atoms with Crippen LogP contribution in [-0.4, -0.2) is 32.0 Å². The van der Waals surface area contributed by atoms with Crippen LogP contribution in [0.3, 0.4) is 0 Å². The van der Waals surface area contributed by atoms with E-state index in [4.69, 9.17) is 0 Å². The van der Waals surface area contributed by atoms with Gasteiger partial charge in [-0.2, -0.15) is 0 Å². The molecular formula is C22H23N5O2. The normalized spacial score (nSPS) is 11.2. The van der Waals surface area contributed by atoms with Crippen LogP contribution in [0.4, 0.5) is 0 Å². The van der Waals surface area contributed by atoms with E-state index in [-0.39, 0.29) is 11.5 Å². The number of hydrogen-bond acceptors (Lipinski definition) is 4. The molecule has 0 bridgehead atoms. The average molecular weight is 389 g/mol. The maximum absolute atomic E-state index is 12.1. The van der Waals surface area contributed by atoms with Crippen molar-refractivity contribution in [3.8, 4) is 0 Å². The van der Waals surface area contributed by atoms with E-state index in [1.165, 1.54) is 0 Å². The predicted octanol–water partition coefficient (Wildman–Crippen LogP) is 2.80. The Morgan fingerprint density at radius 2 is 1.83 bits per heavy atom. The molecule has 0 atom stereocenters. The first kappa shape index (κ1) is 18.9. The van der Waals surface area contributed by atoms with Crippen LogP contribution in [0.5, 0.6) is 0 Å². The second-order valence-electron chi connectivity index (χ2n) is 7.01. The summed E-state index contributed by atoms with van der Waals surface area (Å²) in [6.07, 6.45) is 4.29. The number of imidazole rings is 1. The van der Waals surface area contributed by atoms with Crippen molar-refractivity contribution in [3.63, 3.8) is 0 Å². The van der Waals surface area contributed by atoms with Gasteiger partial charge in [0.2, 0.25) is 5.91 Å². The summed E-state index contributed by atoms with van der Waals surface area (Å²) in [5.41, 5.74) is 2.64. The zero-order valence-corrected chi connectivity index (χ0v) is 16.1. The lowest BCUT2D eigenvalue weighted by atomic mass is 10.2. The van der Waals surface area contributed by atoms with Gasteiger partial charge in [-0.3, -0.25) is 9.59 Å². The maximum atomic E-state index is 12.1. The summed E-state index contributed by atoms with van der Waals surface area (Å²) in [7, 11) is 0. The van der Waals surface area contributed by atoms with E-state index in [0.717, 1.165) is 24.0 Å². The standard InChI is InChI=1S/C22H23N5O2/c28-21(23-13-6-14-27-15-24-18-9-3-4-10-19(18)27)12-5-11-20-25-17-8-2-1-7-16(17)22(29)26-20/h1-4,7-10,15H,5-6,11-14H2,(H,23,28)(H,25,26,29). The number of nitrogens with zero attached hydrogens (tertiary/aromatic N) is 3. The van der Waals surface area contributed by atoms with E-state index >= 15 is 0 Å². The summed E-state index contributed by atoms with van der Waals surface area (Å²) in [6.45, 7) is 1.43. The fourth-order valence-corrected chi connectivity index (χ4v) is 3.42. The second kappa shape index (κ2) is 8.68. The van der Waals surface area contributed by atoms with Gasteiger partial charge in [0.1, 0.15) is 5.82 Å². The number of amides is 1. The molecular weight excluding hydrogens is 366 g/mol. The number of carbonyl (C=O) groups excluding carboxylic acids is 1. The molecule has 0 unspecified atom stereocenters. The molecule has 0 aliphatic heterocycles. The third-order valence-corrected chi connectivity index (χ3v) is 4.90. The van der Waals surface area contributed by atoms with Crippen LogP contribution in [0, 0.1) is 0 Å². The Morgan fingerprint density at radius 3 is 2.72 bits per heavy atom. The zero-order valence-electron chi connectivity index (χ0n) is 16.1. The molecule has 29 heavy (non-hydrogen) atoms. The third kappa shape index (κ3) is 4.51. The van der Waals surface area contributed by atoms with Gasteiger partial charge < -0.3 is 14.9 Å². The monoisotopic (exact) mass is 389 g/mol. The topological polar surface area (TPSA) is 92.7 Å². The van der Waals surface area contributed by atoms with Crippen LogP contribution in [0.15, 0.2) is 59.7 Å². The molecule has 0 saturated carbocycles. The van der Waals surface area contributed by atoms with E-state index in [9.17, 15) is 9.59 Å². The van der Waals surface area contributed by atoms with Crippen molar-refractivity contribution >= 4 is 27.8 Å². The molecule has 0 saturated heterocycles. The fraction of sp³-hybridized carbons (Fsp3) is 0.273. The molecule has 7 nitrogen and oxygen atoms in total. The number of benzene rings is 2. The number of aryl methyl sites for hydroxylation is 2. The van der Waals surface area contributed by atoms with Gasteiger partial charge in [0.25, 0.3) is 5.56 Å². The van der Waals surface area contributed by atoms with E-state index in [1.807, 2.05) is 48.8 Å². The summed E-state index contributed by atoms with van der Waals surface area (Å²) in [6, 6.07) is 15.3. The number of fused-ring (bicyclic) bond motifs is 2. The van der Waals surface area contributed by atoms with Gasteiger partial charge in [0.05, 0.1) is 28.3 Å². The highest BCUT2D eigenvalue weighted by atomic mass is 16.1. The van der Waals surface area contributed by atoms with Gasteiger partial charge in [0.15, 0.2) is 0 Å². The predicted molar refractivity (Wildman–Crippen MR) is 113 cm³/mol. The van der Waals surface area contributed by atoms with Gasteiger partial charge in [-0.25, -0.2) is 9.97 Å². The average Bonchev–Trinajstić information content (AvgIpc) is 3.14. The van der Waals surface area contributed by atoms with Crippen molar-refractivity contribution in [2.45, 2.75) is 32.2 Å². The van der Waals surface area contributed by atoms with Gasteiger partial charge in [0, 0.05) is 25.9 Å². The molecule has 7 heteroatoms. The van der Waals surface area contributed by atoms with Crippen molar-refractivity contribution in [3.05, 3.63) is 71.0 Å². The number of aromatic nitrogens is 4. The Balaban J connectivity index is 1.20. The van der Waals surface area contributed by atoms with Crippen molar-refractivity contribution in [2.24, 2.45) is 0 Å². The van der Waals surface area contributed by atoms with Crippen LogP contribution in [0.2, 0.25) is 0 Å². The molecule has 148 valence electrons. The molecule has 2 N–H and O–H groups in total. The first-order chi connectivity index (χ1) is 14.2. The van der Waals surface area contributed by atoms with Crippen molar-refractivity contribution in [1.82, 2.24) is 24.8 Å². The molecule has 2 heterocycles. The number of hydrogen-bond donors (Lipinski definition) is 2. The van der Waals surface area contributed by atoms with E-state index in [1.54, 1.807) is 6.07 Å². The lowest BCUT2D eigenvalue weighted by Crippen LogP contribution is -2.25. The van der Waals surface area contributed by atoms with Crippen LogP contribution in [0.1, 0.15) is 25.1 Å². The number of aromatic amines is 1. The minimum absolute atomic E-state index is 0.0172. The van der Waals surface area contributed by atoms with E-state index < -0.39 is 0 Å². The van der Waals surface area contributed by atoms with E-state index in [0.29, 0.717) is 42.5 Å². The molecule has 0 spiro atoms. The van der Waals surface area contributed by atoms with Crippen LogP contribution in [0.25, 0.3) is 21.9 Å². The second-order valence-corrected chi connectivity index (χ2v) is 7.01. The smallest absolute Gasteiger partial charge is 0.258 e. The Morgan fingerprint density at radius 1 is 1.03 bits per heavy atom. The highest BCUT2D eigenvalue weighted by Crippen LogP contribution is 2.12. The van der Waals surface area contributed by atoms with Crippen molar-refractivity contribution in [1.29, 1.82) is 0 Å². The molecule has 1 amide bonds. The Hall–Kier alpha value is -3.48. The molecule has 0 aliphatic carbocycles. The van der Waals surface area contributed by atoms with Crippen LogP contribution >= 0.6 is 0 Å². The summed E-state index contributed by atoms with van der Waals surface area (Å²) < 4.78 is 2.10. The molecule has 2 aromatic heterocycles. The zero-order chi connectivity index (χ0) is 20.1. The quantitative estimate of drug-likeness (QED) is 0.453. The van der Waals surface area contributed by atoms with Gasteiger partial charge >= 0.3 is 0 Å². The Bertz CT molecular complexity index is 1190. The highest BCUT2D eigenvalue weighted by molar-refractivity contribution is 5.77. The third-order valence-electron chi connectivity index (χ3n) is 4.90. The summed E-state index contributed by atoms with van der Waals surface area (Å²) in [4.78, 5) is 35.8. The first-order valence-electron chi connectivity index (χ1n) is 9.85. The number of para-hydroxylation sites is 3. The minimum Gasteiger partial charge on any atom is -0.356 e. The summed E-state index contributed by atoms with van der Waals surface area (Å²) >= 11 is 0. The largest absolute Gasteiger partial charge is 0.356 e. The van der Waals surface area contributed by atoms with Gasteiger partial charge in [-0.05, 0) is 37.1 Å². The maximum Gasteiger partial charge on any atom is 0.258 e. The first-order valence-corrected chi connectivity index (χ1v) is 9.85. The number of H-pyrrole nitrogens is 1. The number of carbonyl (C=O) groups is 1. The number of rotatable bonds is 8. The molecule has 4 aromatic rings. The summed E-state index contributed by atoms with van der Waals surface area (Å²) in [5.74, 6) is 0.636. The van der Waals surface area contributed by atoms with Gasteiger partial charge in [-0.1, -0.05) is 24.3 Å². The van der Waals surface area contributed by atoms with Crippen molar-refractivity contribution in [2.75, 3.05) is 6.54 Å². The molecule has 0 aliphatic rings. The lowest BCUT2D eigenvalue weighted by molar-refractivity contribution is -0.121. The van der Waals surface area contributed by atoms with E-state index in [2.05, 4.69) is 24.8 Å². The molecule has 4 rings (SSSR count). The Labute approximate surface area is 167 Å². The SMILES string of the molecule is O=C(CCCc1nc2ccccc2c(=O)[nH]1)NCCCn1cnc2ccccc21. The lowest BCUT2D eigenvalue weighted by Gasteiger charge is -2.07. The number of nitrogens with one attached hydrogen (secondary N) is 2. The van der Waals surface area contributed by atoms with Crippen LogP contribution < -0.4 is 10.9 Å². The highest BCUT2D eigenvalue weighted by Gasteiger charge is 2.06. The summed E-state index contributed by atoms with van der Waals surface area (Å²) in [5, 5.41) is 3.54. The van der Waals surface area contributed by atoms with Crippen LogP contribution in [-0.2, 0) is 17.8 Å². The van der Waals surface area contributed by atoms with Crippen molar-refractivity contribution < 1.29 is 4.79 Å². The fourth-order valence-electron chi connectivity index (χ4n) is 3.42. The van der Waals surface area contributed by atoms with Gasteiger partial charge in [-0.15, -0.1) is 0 Å². The molecule has 2 aromatic carbocycles. The molecule has 0 fully saturated rings. The molecule has 0 radical (unpaired) electrons. The minimum atomic E-state index is -0.137.